The number of hydrogen-bond donors (Lipinski definition) is 2. The average Bonchev–Trinajstić information content (AvgIpc) is 2.48. The number of carbonyl (C=O) groups excluding carboxylic acids is 1. The van der Waals surface area contributed by atoms with E-state index in [2.05, 4.69) is 22.5 Å². The molecule has 0 radical (unpaired) electrons. The van der Waals surface area contributed by atoms with Gasteiger partial charge < -0.3 is 15.4 Å². The van der Waals surface area contributed by atoms with E-state index in [1.807, 2.05) is 36.4 Å². The molecule has 5 nitrogen and oxygen atoms in total. The van der Waals surface area contributed by atoms with Crippen molar-refractivity contribution in [1.82, 2.24) is 4.98 Å². The van der Waals surface area contributed by atoms with Crippen molar-refractivity contribution in [3.05, 3.63) is 48.2 Å². The van der Waals surface area contributed by atoms with E-state index in [0.29, 0.717) is 5.88 Å². The van der Waals surface area contributed by atoms with Crippen LogP contribution < -0.4 is 15.4 Å². The van der Waals surface area contributed by atoms with E-state index in [1.54, 1.807) is 13.3 Å². The molecule has 1 atom stereocenters. The molecule has 0 bridgehead atoms. The van der Waals surface area contributed by atoms with Crippen molar-refractivity contribution in [3.8, 4) is 5.88 Å². The zero-order chi connectivity index (χ0) is 15.2. The van der Waals surface area contributed by atoms with Crippen molar-refractivity contribution in [2.45, 2.75) is 19.9 Å². The Bertz CT molecular complexity index is 594. The van der Waals surface area contributed by atoms with Crippen LogP contribution in [0.1, 0.15) is 25.5 Å². The third-order valence-electron chi connectivity index (χ3n) is 3.06. The monoisotopic (exact) mass is 285 g/mol. The third-order valence-corrected chi connectivity index (χ3v) is 3.06. The summed E-state index contributed by atoms with van der Waals surface area (Å²) in [5.74, 6) is 0.520. The van der Waals surface area contributed by atoms with Crippen LogP contribution in [0.3, 0.4) is 0 Å². The van der Waals surface area contributed by atoms with E-state index >= 15 is 0 Å². The topological polar surface area (TPSA) is 63.2 Å². The Morgan fingerprint density at radius 1 is 1.14 bits per heavy atom. The molecule has 110 valence electrons. The second-order valence-electron chi connectivity index (χ2n) is 4.76. The van der Waals surface area contributed by atoms with Gasteiger partial charge in [-0.1, -0.05) is 12.1 Å². The number of nitrogens with zero attached hydrogens (tertiary/aromatic N) is 1. The fraction of sp³-hybridized carbons (Fsp3) is 0.250. The lowest BCUT2D eigenvalue weighted by Crippen LogP contribution is -2.08. The number of pyridine rings is 1. The van der Waals surface area contributed by atoms with Gasteiger partial charge in [-0.3, -0.25) is 4.79 Å². The molecule has 21 heavy (non-hydrogen) atoms. The summed E-state index contributed by atoms with van der Waals surface area (Å²) < 4.78 is 5.03. The molecule has 1 aromatic carbocycles. The number of nitrogens with one attached hydrogen (secondary N) is 2. The number of ether oxygens (including phenoxy) is 1. The average molecular weight is 285 g/mol. The Balaban J connectivity index is 2.01. The molecule has 0 saturated carbocycles. The van der Waals surface area contributed by atoms with Gasteiger partial charge in [0.2, 0.25) is 11.8 Å². The molecule has 2 N–H and O–H groups in total. The lowest BCUT2D eigenvalue weighted by Gasteiger charge is -2.16. The van der Waals surface area contributed by atoms with Gasteiger partial charge >= 0.3 is 0 Å². The number of carbonyl (C=O) groups is 1. The van der Waals surface area contributed by atoms with Crippen molar-refractivity contribution in [2.75, 3.05) is 17.7 Å². The number of hydrogen-bond acceptors (Lipinski definition) is 4. The molecule has 1 heterocycles. The molecule has 1 aromatic heterocycles. The van der Waals surface area contributed by atoms with Gasteiger partial charge in [-0.2, -0.15) is 0 Å². The van der Waals surface area contributed by atoms with E-state index in [9.17, 15) is 4.79 Å². The molecule has 0 saturated heterocycles. The molecule has 0 fully saturated rings. The van der Waals surface area contributed by atoms with Crippen molar-refractivity contribution in [3.63, 3.8) is 0 Å². The molecule has 0 aliphatic rings. The van der Waals surface area contributed by atoms with E-state index in [-0.39, 0.29) is 11.9 Å². The van der Waals surface area contributed by atoms with Crippen molar-refractivity contribution in [1.29, 1.82) is 0 Å². The number of aromatic nitrogens is 1. The van der Waals surface area contributed by atoms with Crippen LogP contribution in [0.15, 0.2) is 42.6 Å². The smallest absolute Gasteiger partial charge is 0.221 e. The number of methoxy groups -OCH3 is 1. The Morgan fingerprint density at radius 3 is 2.33 bits per heavy atom. The van der Waals surface area contributed by atoms with Crippen LogP contribution in [0.5, 0.6) is 5.88 Å². The maximum absolute atomic E-state index is 11.0. The molecule has 0 aliphatic heterocycles. The highest BCUT2D eigenvalue weighted by molar-refractivity contribution is 5.88. The fourth-order valence-electron chi connectivity index (χ4n) is 1.98. The first kappa shape index (κ1) is 14.8. The first-order chi connectivity index (χ1) is 10.1. The van der Waals surface area contributed by atoms with Crippen LogP contribution in [0.2, 0.25) is 0 Å². The summed E-state index contributed by atoms with van der Waals surface area (Å²) in [6, 6.07) is 11.6. The van der Waals surface area contributed by atoms with Gasteiger partial charge in [0.1, 0.15) is 0 Å². The molecule has 1 amide bonds. The van der Waals surface area contributed by atoms with Crippen LogP contribution in [-0.4, -0.2) is 18.0 Å². The summed E-state index contributed by atoms with van der Waals surface area (Å²) in [6.07, 6.45) is 1.74. The van der Waals surface area contributed by atoms with Crippen LogP contribution in [0.25, 0.3) is 0 Å². The molecule has 2 rings (SSSR count). The summed E-state index contributed by atoms with van der Waals surface area (Å²) in [4.78, 5) is 15.1. The normalized spacial score (nSPS) is 11.6. The first-order valence-electron chi connectivity index (χ1n) is 6.72. The molecular weight excluding hydrogens is 266 g/mol. The minimum Gasteiger partial charge on any atom is -0.481 e. The van der Waals surface area contributed by atoms with Crippen molar-refractivity contribution >= 4 is 17.3 Å². The minimum absolute atomic E-state index is 0.0711. The predicted molar refractivity (Wildman–Crippen MR) is 83.6 cm³/mol. The molecule has 2 aromatic rings. The fourth-order valence-corrected chi connectivity index (χ4v) is 1.98. The van der Waals surface area contributed by atoms with Gasteiger partial charge in [0.05, 0.1) is 19.0 Å². The van der Waals surface area contributed by atoms with Crippen LogP contribution >= 0.6 is 0 Å². The highest BCUT2D eigenvalue weighted by Crippen LogP contribution is 2.21. The second-order valence-corrected chi connectivity index (χ2v) is 4.76. The maximum atomic E-state index is 11.0. The summed E-state index contributed by atoms with van der Waals surface area (Å²) in [7, 11) is 1.59. The van der Waals surface area contributed by atoms with Crippen molar-refractivity contribution < 1.29 is 9.53 Å². The molecular formula is C16H19N3O2. The van der Waals surface area contributed by atoms with E-state index in [4.69, 9.17) is 4.74 Å². The van der Waals surface area contributed by atoms with Crippen LogP contribution in [0, 0.1) is 0 Å². The minimum atomic E-state index is -0.0711. The summed E-state index contributed by atoms with van der Waals surface area (Å²) >= 11 is 0. The predicted octanol–water partition coefficient (Wildman–Crippen LogP) is 3.22. The van der Waals surface area contributed by atoms with Gasteiger partial charge in [0.15, 0.2) is 0 Å². The summed E-state index contributed by atoms with van der Waals surface area (Å²) in [6.45, 7) is 3.56. The highest BCUT2D eigenvalue weighted by Gasteiger charge is 2.06. The first-order valence-corrected chi connectivity index (χ1v) is 6.72. The zero-order valence-corrected chi connectivity index (χ0v) is 12.4. The third kappa shape index (κ3) is 4.21. The molecule has 1 unspecified atom stereocenters. The van der Waals surface area contributed by atoms with E-state index < -0.39 is 0 Å². The quantitative estimate of drug-likeness (QED) is 0.885. The van der Waals surface area contributed by atoms with Gasteiger partial charge in [-0.05, 0) is 30.7 Å². The number of rotatable bonds is 5. The standard InChI is InChI=1S/C16H19N3O2/c1-11(18-15-8-9-16(21-3)17-10-15)13-4-6-14(7-5-13)19-12(2)20/h4-11,18H,1-3H3,(H,19,20). The maximum Gasteiger partial charge on any atom is 0.221 e. The van der Waals surface area contributed by atoms with Crippen LogP contribution in [-0.2, 0) is 4.79 Å². The van der Waals surface area contributed by atoms with Gasteiger partial charge in [-0.15, -0.1) is 0 Å². The highest BCUT2D eigenvalue weighted by atomic mass is 16.5. The zero-order valence-electron chi connectivity index (χ0n) is 12.4. The Hall–Kier alpha value is -2.56. The lowest BCUT2D eigenvalue weighted by molar-refractivity contribution is -0.114. The van der Waals surface area contributed by atoms with Crippen molar-refractivity contribution in [2.24, 2.45) is 0 Å². The van der Waals surface area contributed by atoms with E-state index in [1.165, 1.54) is 6.92 Å². The summed E-state index contributed by atoms with van der Waals surface area (Å²) in [5, 5.41) is 6.11. The Labute approximate surface area is 124 Å². The number of benzene rings is 1. The largest absolute Gasteiger partial charge is 0.481 e. The van der Waals surface area contributed by atoms with Gasteiger partial charge in [0.25, 0.3) is 0 Å². The number of anilines is 2. The van der Waals surface area contributed by atoms with E-state index in [0.717, 1.165) is 16.9 Å². The SMILES string of the molecule is COc1ccc(NC(C)c2ccc(NC(C)=O)cc2)cn1. The van der Waals surface area contributed by atoms with Gasteiger partial charge in [0, 0.05) is 24.7 Å². The second kappa shape index (κ2) is 6.74. The number of amides is 1. The summed E-state index contributed by atoms with van der Waals surface area (Å²) in [5.41, 5.74) is 2.85. The van der Waals surface area contributed by atoms with Crippen LogP contribution in [0.4, 0.5) is 11.4 Å². The van der Waals surface area contributed by atoms with Gasteiger partial charge in [-0.25, -0.2) is 4.98 Å². The molecule has 0 spiro atoms. The Kier molecular flexibility index (Phi) is 4.77. The Morgan fingerprint density at radius 2 is 1.81 bits per heavy atom. The molecule has 5 heteroatoms. The lowest BCUT2D eigenvalue weighted by atomic mass is 10.1. The molecule has 0 aliphatic carbocycles.